The molecule has 0 aromatic carbocycles. The van der Waals surface area contributed by atoms with Crippen LogP contribution in [0, 0.1) is 5.41 Å². The maximum atomic E-state index is 5.76. The van der Waals surface area contributed by atoms with Crippen LogP contribution in [0.25, 0.3) is 0 Å². The standard InChI is InChI=1S/C14H28N2O/c1-2-14(7-5-8-15-11-14)12-16-10-13-6-3-4-9-17-13/h13,15-16H,2-12H2,1H3. The molecule has 2 aliphatic heterocycles. The lowest BCUT2D eigenvalue weighted by Crippen LogP contribution is -2.47. The summed E-state index contributed by atoms with van der Waals surface area (Å²) in [4.78, 5) is 0. The minimum atomic E-state index is 0.467. The van der Waals surface area contributed by atoms with Gasteiger partial charge < -0.3 is 15.4 Å². The van der Waals surface area contributed by atoms with E-state index in [1.54, 1.807) is 0 Å². The Labute approximate surface area is 106 Å². The van der Waals surface area contributed by atoms with E-state index in [-0.39, 0.29) is 0 Å². The van der Waals surface area contributed by atoms with Crippen molar-refractivity contribution >= 4 is 0 Å². The number of piperidine rings is 1. The Morgan fingerprint density at radius 2 is 2.29 bits per heavy atom. The van der Waals surface area contributed by atoms with Crippen molar-refractivity contribution in [2.24, 2.45) is 5.41 Å². The zero-order chi connectivity index (χ0) is 12.0. The lowest BCUT2D eigenvalue weighted by Gasteiger charge is -2.37. The molecule has 2 saturated heterocycles. The molecule has 0 radical (unpaired) electrons. The molecule has 0 amide bonds. The minimum Gasteiger partial charge on any atom is -0.377 e. The van der Waals surface area contributed by atoms with Crippen LogP contribution in [0.1, 0.15) is 45.4 Å². The summed E-state index contributed by atoms with van der Waals surface area (Å²) >= 11 is 0. The van der Waals surface area contributed by atoms with Gasteiger partial charge in [0.2, 0.25) is 0 Å². The van der Waals surface area contributed by atoms with Gasteiger partial charge in [0, 0.05) is 26.2 Å². The van der Waals surface area contributed by atoms with Crippen molar-refractivity contribution in [3.63, 3.8) is 0 Å². The van der Waals surface area contributed by atoms with Crippen LogP contribution in [-0.4, -0.2) is 38.9 Å². The molecule has 2 unspecified atom stereocenters. The highest BCUT2D eigenvalue weighted by Gasteiger charge is 2.29. The second-order valence-corrected chi connectivity index (χ2v) is 5.75. The van der Waals surface area contributed by atoms with E-state index in [0.29, 0.717) is 11.5 Å². The minimum absolute atomic E-state index is 0.467. The van der Waals surface area contributed by atoms with Gasteiger partial charge in [-0.3, -0.25) is 0 Å². The van der Waals surface area contributed by atoms with Crippen LogP contribution in [0.4, 0.5) is 0 Å². The van der Waals surface area contributed by atoms with Crippen LogP contribution in [0.2, 0.25) is 0 Å². The van der Waals surface area contributed by atoms with Crippen molar-refractivity contribution < 1.29 is 4.74 Å². The molecule has 2 aliphatic rings. The average molecular weight is 240 g/mol. The highest BCUT2D eigenvalue weighted by atomic mass is 16.5. The summed E-state index contributed by atoms with van der Waals surface area (Å²) in [6.07, 6.45) is 8.27. The summed E-state index contributed by atoms with van der Waals surface area (Å²) in [6.45, 7) is 7.87. The Morgan fingerprint density at radius 3 is 2.94 bits per heavy atom. The van der Waals surface area contributed by atoms with Crippen molar-refractivity contribution in [3.05, 3.63) is 0 Å². The second-order valence-electron chi connectivity index (χ2n) is 5.75. The Kier molecular flexibility index (Phi) is 5.26. The van der Waals surface area contributed by atoms with E-state index in [0.717, 1.165) is 19.7 Å². The monoisotopic (exact) mass is 240 g/mol. The zero-order valence-electron chi connectivity index (χ0n) is 11.3. The molecular weight excluding hydrogens is 212 g/mol. The second kappa shape index (κ2) is 6.72. The van der Waals surface area contributed by atoms with E-state index in [1.807, 2.05) is 0 Å². The molecule has 0 aromatic heterocycles. The third-order valence-electron chi connectivity index (χ3n) is 4.46. The Balaban J connectivity index is 1.68. The first-order valence-corrected chi connectivity index (χ1v) is 7.38. The molecule has 17 heavy (non-hydrogen) atoms. The van der Waals surface area contributed by atoms with Crippen LogP contribution < -0.4 is 10.6 Å². The van der Waals surface area contributed by atoms with Gasteiger partial charge in [0.1, 0.15) is 0 Å². The SMILES string of the molecule is CCC1(CNCC2CCCCO2)CCCNC1. The predicted molar refractivity (Wildman–Crippen MR) is 71.3 cm³/mol. The third kappa shape index (κ3) is 3.94. The van der Waals surface area contributed by atoms with Gasteiger partial charge in [0.25, 0.3) is 0 Å². The van der Waals surface area contributed by atoms with Crippen LogP contribution in [0.15, 0.2) is 0 Å². The molecule has 0 saturated carbocycles. The number of ether oxygens (including phenoxy) is 1. The maximum Gasteiger partial charge on any atom is 0.0699 e. The summed E-state index contributed by atoms with van der Waals surface area (Å²) < 4.78 is 5.76. The first-order chi connectivity index (χ1) is 8.35. The van der Waals surface area contributed by atoms with Crippen molar-refractivity contribution in [1.29, 1.82) is 0 Å². The van der Waals surface area contributed by atoms with Crippen molar-refractivity contribution in [3.8, 4) is 0 Å². The quantitative estimate of drug-likeness (QED) is 0.770. The molecule has 2 rings (SSSR count). The summed E-state index contributed by atoms with van der Waals surface area (Å²) in [7, 11) is 0. The summed E-state index contributed by atoms with van der Waals surface area (Å²) in [5.74, 6) is 0. The Bertz CT molecular complexity index is 208. The smallest absolute Gasteiger partial charge is 0.0699 e. The molecule has 0 spiro atoms. The number of nitrogens with one attached hydrogen (secondary N) is 2. The van der Waals surface area contributed by atoms with E-state index in [4.69, 9.17) is 4.74 Å². The number of hydrogen-bond donors (Lipinski definition) is 2. The molecular formula is C14H28N2O. The Morgan fingerprint density at radius 1 is 1.35 bits per heavy atom. The third-order valence-corrected chi connectivity index (χ3v) is 4.46. The average Bonchev–Trinajstić information content (AvgIpc) is 2.41. The van der Waals surface area contributed by atoms with Gasteiger partial charge in [0.05, 0.1) is 6.10 Å². The fourth-order valence-electron chi connectivity index (χ4n) is 3.07. The highest BCUT2D eigenvalue weighted by Crippen LogP contribution is 2.29. The van der Waals surface area contributed by atoms with Crippen molar-refractivity contribution in [1.82, 2.24) is 10.6 Å². The summed E-state index contributed by atoms with van der Waals surface area (Å²) in [6, 6.07) is 0. The van der Waals surface area contributed by atoms with Gasteiger partial charge in [-0.05, 0) is 50.5 Å². The van der Waals surface area contributed by atoms with Gasteiger partial charge in [-0.1, -0.05) is 6.92 Å². The molecule has 2 atom stereocenters. The van der Waals surface area contributed by atoms with E-state index in [1.165, 1.54) is 51.6 Å². The van der Waals surface area contributed by atoms with Gasteiger partial charge >= 0.3 is 0 Å². The van der Waals surface area contributed by atoms with Gasteiger partial charge in [-0.2, -0.15) is 0 Å². The molecule has 2 heterocycles. The zero-order valence-corrected chi connectivity index (χ0v) is 11.3. The van der Waals surface area contributed by atoms with Crippen LogP contribution in [0.3, 0.4) is 0 Å². The fourth-order valence-corrected chi connectivity index (χ4v) is 3.07. The molecule has 3 nitrogen and oxygen atoms in total. The normalized spacial score (nSPS) is 34.8. The lowest BCUT2D eigenvalue weighted by molar-refractivity contribution is 0.0147. The molecule has 3 heteroatoms. The van der Waals surface area contributed by atoms with E-state index in [2.05, 4.69) is 17.6 Å². The largest absolute Gasteiger partial charge is 0.377 e. The maximum absolute atomic E-state index is 5.76. The molecule has 0 aromatic rings. The molecule has 2 fully saturated rings. The first kappa shape index (κ1) is 13.3. The summed E-state index contributed by atoms with van der Waals surface area (Å²) in [5, 5.41) is 7.20. The molecule has 100 valence electrons. The van der Waals surface area contributed by atoms with Crippen LogP contribution in [-0.2, 0) is 4.74 Å². The van der Waals surface area contributed by atoms with E-state index in [9.17, 15) is 0 Å². The molecule has 0 aliphatic carbocycles. The first-order valence-electron chi connectivity index (χ1n) is 7.38. The summed E-state index contributed by atoms with van der Waals surface area (Å²) in [5.41, 5.74) is 0.493. The fraction of sp³-hybridized carbons (Fsp3) is 1.00. The molecule has 2 N–H and O–H groups in total. The highest BCUT2D eigenvalue weighted by molar-refractivity contribution is 4.86. The number of rotatable bonds is 5. The van der Waals surface area contributed by atoms with Gasteiger partial charge in [0.15, 0.2) is 0 Å². The van der Waals surface area contributed by atoms with Crippen LogP contribution >= 0.6 is 0 Å². The van der Waals surface area contributed by atoms with Gasteiger partial charge in [-0.25, -0.2) is 0 Å². The van der Waals surface area contributed by atoms with Crippen LogP contribution in [0.5, 0.6) is 0 Å². The predicted octanol–water partition coefficient (Wildman–Crippen LogP) is 1.92. The van der Waals surface area contributed by atoms with Crippen molar-refractivity contribution in [2.45, 2.75) is 51.6 Å². The van der Waals surface area contributed by atoms with E-state index < -0.39 is 0 Å². The molecule has 0 bridgehead atoms. The number of hydrogen-bond acceptors (Lipinski definition) is 3. The van der Waals surface area contributed by atoms with Gasteiger partial charge in [-0.15, -0.1) is 0 Å². The topological polar surface area (TPSA) is 33.3 Å². The lowest BCUT2D eigenvalue weighted by atomic mass is 9.78. The van der Waals surface area contributed by atoms with E-state index >= 15 is 0 Å². The van der Waals surface area contributed by atoms with Crippen molar-refractivity contribution in [2.75, 3.05) is 32.8 Å². The Hall–Kier alpha value is -0.120.